The summed E-state index contributed by atoms with van der Waals surface area (Å²) in [5, 5.41) is 2.81. The largest absolute Gasteiger partial charge is 0.432 e. The molecule has 6 heteroatoms. The molecule has 2 aromatic heterocycles. The van der Waals surface area contributed by atoms with Gasteiger partial charge in [0.15, 0.2) is 5.58 Å². The van der Waals surface area contributed by atoms with Gasteiger partial charge in [0.2, 0.25) is 0 Å². The number of anilines is 1. The number of oxazole rings is 2. The quantitative estimate of drug-likeness (QED) is 0.745. The van der Waals surface area contributed by atoms with E-state index in [2.05, 4.69) is 10.3 Å². The van der Waals surface area contributed by atoms with Gasteiger partial charge in [-0.2, -0.15) is 4.98 Å². The normalized spacial score (nSPS) is 11.0. The summed E-state index contributed by atoms with van der Waals surface area (Å²) in [5.74, 6) is -0.377. The highest BCUT2D eigenvalue weighted by Gasteiger charge is 2.10. The van der Waals surface area contributed by atoms with Gasteiger partial charge in [0, 0.05) is 19.7 Å². The summed E-state index contributed by atoms with van der Waals surface area (Å²) in [6.45, 7) is 0. The van der Waals surface area contributed by atoms with E-state index in [4.69, 9.17) is 8.83 Å². The third kappa shape index (κ3) is 1.50. The van der Waals surface area contributed by atoms with E-state index in [1.165, 1.54) is 4.57 Å². The minimum atomic E-state index is -0.377. The molecular formula is C12H11N3O3. The fourth-order valence-corrected chi connectivity index (χ4v) is 1.81. The van der Waals surface area contributed by atoms with Crippen molar-refractivity contribution in [1.82, 2.24) is 9.55 Å². The molecule has 0 radical (unpaired) electrons. The van der Waals surface area contributed by atoms with Crippen LogP contribution in [0.3, 0.4) is 0 Å². The molecule has 0 spiro atoms. The van der Waals surface area contributed by atoms with Gasteiger partial charge >= 0.3 is 5.76 Å². The fraction of sp³-hybridized carbons (Fsp3) is 0.167. The Kier molecular flexibility index (Phi) is 2.22. The standard InChI is InChI=1S/C12H11N3O3/c1-13-11-14-8(6-17-11)7-3-4-9-10(5-7)18-12(16)15(9)2/h3-6H,1-2H3,(H,13,14). The van der Waals surface area contributed by atoms with E-state index in [-0.39, 0.29) is 5.76 Å². The minimum Gasteiger partial charge on any atom is -0.432 e. The number of aromatic nitrogens is 2. The molecule has 2 heterocycles. The van der Waals surface area contributed by atoms with Crippen molar-refractivity contribution in [3.63, 3.8) is 0 Å². The molecule has 0 atom stereocenters. The Morgan fingerprint density at radius 3 is 2.94 bits per heavy atom. The van der Waals surface area contributed by atoms with E-state index in [1.807, 2.05) is 12.1 Å². The molecule has 1 N–H and O–H groups in total. The lowest BCUT2D eigenvalue weighted by Crippen LogP contribution is -2.08. The van der Waals surface area contributed by atoms with E-state index in [1.54, 1.807) is 26.4 Å². The first-order valence-electron chi connectivity index (χ1n) is 5.42. The van der Waals surface area contributed by atoms with Gasteiger partial charge in [0.25, 0.3) is 6.01 Å². The molecular weight excluding hydrogens is 234 g/mol. The van der Waals surface area contributed by atoms with Crippen LogP contribution in [0.2, 0.25) is 0 Å². The molecule has 0 aliphatic carbocycles. The molecule has 3 aromatic rings. The van der Waals surface area contributed by atoms with Crippen molar-refractivity contribution >= 4 is 17.1 Å². The zero-order valence-electron chi connectivity index (χ0n) is 9.93. The lowest BCUT2D eigenvalue weighted by atomic mass is 10.1. The van der Waals surface area contributed by atoms with E-state index in [9.17, 15) is 4.79 Å². The van der Waals surface area contributed by atoms with Gasteiger partial charge in [0.05, 0.1) is 5.52 Å². The average molecular weight is 245 g/mol. The Morgan fingerprint density at radius 2 is 2.22 bits per heavy atom. The zero-order chi connectivity index (χ0) is 12.7. The Morgan fingerprint density at radius 1 is 1.39 bits per heavy atom. The Hall–Kier alpha value is -2.50. The van der Waals surface area contributed by atoms with Crippen LogP contribution in [0.1, 0.15) is 0 Å². The van der Waals surface area contributed by atoms with Crippen LogP contribution in [-0.4, -0.2) is 16.6 Å². The topological polar surface area (TPSA) is 73.2 Å². The maximum absolute atomic E-state index is 11.4. The van der Waals surface area contributed by atoms with Crippen molar-refractivity contribution in [2.75, 3.05) is 12.4 Å². The fourth-order valence-electron chi connectivity index (χ4n) is 1.81. The maximum Gasteiger partial charge on any atom is 0.419 e. The summed E-state index contributed by atoms with van der Waals surface area (Å²) in [6.07, 6.45) is 1.55. The van der Waals surface area contributed by atoms with Crippen molar-refractivity contribution in [1.29, 1.82) is 0 Å². The van der Waals surface area contributed by atoms with Crippen molar-refractivity contribution in [2.24, 2.45) is 7.05 Å². The second-order valence-electron chi connectivity index (χ2n) is 3.90. The van der Waals surface area contributed by atoms with Crippen molar-refractivity contribution < 1.29 is 8.83 Å². The smallest absolute Gasteiger partial charge is 0.419 e. The lowest BCUT2D eigenvalue weighted by Gasteiger charge is -1.95. The number of rotatable bonds is 2. The highest BCUT2D eigenvalue weighted by molar-refractivity contribution is 5.79. The summed E-state index contributed by atoms with van der Waals surface area (Å²) in [4.78, 5) is 15.6. The summed E-state index contributed by atoms with van der Waals surface area (Å²) in [7, 11) is 3.40. The summed E-state index contributed by atoms with van der Waals surface area (Å²) >= 11 is 0. The van der Waals surface area contributed by atoms with Crippen LogP contribution in [0.15, 0.2) is 38.1 Å². The van der Waals surface area contributed by atoms with Crippen molar-refractivity contribution in [3.8, 4) is 11.3 Å². The van der Waals surface area contributed by atoms with Crippen LogP contribution in [0.5, 0.6) is 0 Å². The monoisotopic (exact) mass is 245 g/mol. The SMILES string of the molecule is CNc1nc(-c2ccc3c(c2)oc(=O)n3C)co1. The minimum absolute atomic E-state index is 0.377. The molecule has 0 aliphatic rings. The first-order chi connectivity index (χ1) is 8.69. The molecule has 6 nitrogen and oxygen atoms in total. The molecule has 1 aromatic carbocycles. The number of nitrogens with zero attached hydrogens (tertiary/aromatic N) is 2. The first kappa shape index (κ1) is 10.6. The summed E-state index contributed by atoms with van der Waals surface area (Å²) in [6, 6.07) is 5.91. The van der Waals surface area contributed by atoms with Gasteiger partial charge < -0.3 is 14.2 Å². The molecule has 0 fully saturated rings. The summed E-state index contributed by atoms with van der Waals surface area (Å²) < 4.78 is 11.8. The molecule has 3 rings (SSSR count). The predicted octanol–water partition coefficient (Wildman–Crippen LogP) is 1.83. The first-order valence-corrected chi connectivity index (χ1v) is 5.42. The molecule has 18 heavy (non-hydrogen) atoms. The van der Waals surface area contributed by atoms with Crippen molar-refractivity contribution in [3.05, 3.63) is 35.0 Å². The van der Waals surface area contributed by atoms with Crippen LogP contribution >= 0.6 is 0 Å². The molecule has 0 bridgehead atoms. The van der Waals surface area contributed by atoms with E-state index in [0.717, 1.165) is 11.1 Å². The third-order valence-corrected chi connectivity index (χ3v) is 2.81. The number of hydrogen-bond donors (Lipinski definition) is 1. The number of benzene rings is 1. The van der Waals surface area contributed by atoms with Crippen LogP contribution in [0.25, 0.3) is 22.4 Å². The second-order valence-corrected chi connectivity index (χ2v) is 3.90. The zero-order valence-corrected chi connectivity index (χ0v) is 9.93. The van der Waals surface area contributed by atoms with Gasteiger partial charge in [-0.15, -0.1) is 0 Å². The highest BCUT2D eigenvalue weighted by atomic mass is 16.4. The van der Waals surface area contributed by atoms with Gasteiger partial charge in [-0.25, -0.2) is 4.79 Å². The predicted molar refractivity (Wildman–Crippen MR) is 66.5 cm³/mol. The number of fused-ring (bicyclic) bond motifs is 1. The Bertz CT molecular complexity index is 766. The molecule has 0 aliphatic heterocycles. The number of nitrogens with one attached hydrogen (secondary N) is 1. The molecule has 0 saturated heterocycles. The lowest BCUT2D eigenvalue weighted by molar-refractivity contribution is 0.528. The van der Waals surface area contributed by atoms with Crippen LogP contribution in [0, 0.1) is 0 Å². The van der Waals surface area contributed by atoms with Crippen LogP contribution in [0.4, 0.5) is 6.01 Å². The molecule has 92 valence electrons. The Labute approximate surface area is 102 Å². The van der Waals surface area contributed by atoms with E-state index in [0.29, 0.717) is 17.3 Å². The van der Waals surface area contributed by atoms with Gasteiger partial charge in [-0.05, 0) is 12.1 Å². The molecule has 0 saturated carbocycles. The van der Waals surface area contributed by atoms with E-state index < -0.39 is 0 Å². The van der Waals surface area contributed by atoms with Gasteiger partial charge in [0.1, 0.15) is 12.0 Å². The van der Waals surface area contributed by atoms with Crippen LogP contribution < -0.4 is 11.1 Å². The van der Waals surface area contributed by atoms with Crippen molar-refractivity contribution in [2.45, 2.75) is 0 Å². The Balaban J connectivity index is 2.16. The van der Waals surface area contributed by atoms with Crippen LogP contribution in [-0.2, 0) is 7.05 Å². The maximum atomic E-state index is 11.4. The highest BCUT2D eigenvalue weighted by Crippen LogP contribution is 2.24. The van der Waals surface area contributed by atoms with E-state index >= 15 is 0 Å². The van der Waals surface area contributed by atoms with Gasteiger partial charge in [-0.1, -0.05) is 6.07 Å². The number of aryl methyl sites for hydroxylation is 1. The second kappa shape index (κ2) is 3.76. The third-order valence-electron chi connectivity index (χ3n) is 2.81. The average Bonchev–Trinajstić information content (AvgIpc) is 2.95. The summed E-state index contributed by atoms with van der Waals surface area (Å²) in [5.41, 5.74) is 2.81. The molecule has 0 unspecified atom stereocenters. The number of hydrogen-bond acceptors (Lipinski definition) is 5. The molecule has 0 amide bonds. The van der Waals surface area contributed by atoms with Gasteiger partial charge in [-0.3, -0.25) is 4.57 Å².